The average Bonchev–Trinajstić information content (AvgIpc) is 2.93. The van der Waals surface area contributed by atoms with E-state index in [0.29, 0.717) is 24.1 Å². The van der Waals surface area contributed by atoms with Gasteiger partial charge in [0.1, 0.15) is 6.61 Å². The van der Waals surface area contributed by atoms with E-state index in [1.54, 1.807) is 19.2 Å². The fourth-order valence-corrected chi connectivity index (χ4v) is 2.39. The van der Waals surface area contributed by atoms with Gasteiger partial charge in [-0.15, -0.1) is 10.2 Å². The van der Waals surface area contributed by atoms with E-state index in [0.717, 1.165) is 11.8 Å². The normalized spacial score (nSPS) is 10.6. The molecular formula is C14H18FN5O3S. The lowest BCUT2D eigenvalue weighted by Crippen LogP contribution is -2.28. The summed E-state index contributed by atoms with van der Waals surface area (Å²) in [6.07, 6.45) is 0. The van der Waals surface area contributed by atoms with Gasteiger partial charge in [-0.1, -0.05) is 23.9 Å². The summed E-state index contributed by atoms with van der Waals surface area (Å²) < 4.78 is 24.9. The molecule has 130 valence electrons. The predicted octanol–water partition coefficient (Wildman–Crippen LogP) is 0.565. The van der Waals surface area contributed by atoms with E-state index in [1.165, 1.54) is 16.8 Å². The first-order chi connectivity index (χ1) is 11.6. The number of nitrogen functional groups attached to an aromatic ring is 1. The monoisotopic (exact) mass is 355 g/mol. The van der Waals surface area contributed by atoms with Crippen molar-refractivity contribution in [3.63, 3.8) is 0 Å². The van der Waals surface area contributed by atoms with Crippen LogP contribution in [0.3, 0.4) is 0 Å². The van der Waals surface area contributed by atoms with Crippen LogP contribution in [-0.4, -0.2) is 46.8 Å². The van der Waals surface area contributed by atoms with Crippen LogP contribution >= 0.6 is 11.8 Å². The number of carbonyl (C=O) groups is 1. The molecule has 1 heterocycles. The number of ether oxygens (including phenoxy) is 2. The third-order valence-corrected chi connectivity index (χ3v) is 3.83. The van der Waals surface area contributed by atoms with Crippen molar-refractivity contribution < 1.29 is 18.7 Å². The van der Waals surface area contributed by atoms with E-state index in [1.807, 2.05) is 0 Å². The maximum absolute atomic E-state index is 13.5. The lowest BCUT2D eigenvalue weighted by Gasteiger charge is -2.07. The summed E-state index contributed by atoms with van der Waals surface area (Å²) in [6.45, 7) is 0.846. The number of nitrogens with zero attached hydrogens (tertiary/aromatic N) is 3. The number of hydrogen-bond donors (Lipinski definition) is 2. The topological polar surface area (TPSA) is 104 Å². The second kappa shape index (κ2) is 9.08. The minimum absolute atomic E-state index is 0.0367. The molecule has 0 unspecified atom stereocenters. The zero-order valence-electron chi connectivity index (χ0n) is 13.1. The minimum Gasteiger partial charge on any atom is -0.482 e. The molecule has 2 rings (SSSR count). The number of amides is 1. The molecule has 0 fully saturated rings. The van der Waals surface area contributed by atoms with Crippen molar-refractivity contribution in [1.82, 2.24) is 20.2 Å². The summed E-state index contributed by atoms with van der Waals surface area (Å²) in [5, 5.41) is 10.8. The maximum atomic E-state index is 13.5. The zero-order chi connectivity index (χ0) is 17.4. The number of methoxy groups -OCH3 is 1. The Morgan fingerprint density at radius 3 is 2.96 bits per heavy atom. The molecule has 3 N–H and O–H groups in total. The van der Waals surface area contributed by atoms with Crippen LogP contribution in [0.1, 0.15) is 5.82 Å². The van der Waals surface area contributed by atoms with E-state index < -0.39 is 5.82 Å². The molecule has 0 spiro atoms. The Hall–Kier alpha value is -2.33. The molecular weight excluding hydrogens is 337 g/mol. The van der Waals surface area contributed by atoms with Crippen LogP contribution in [-0.2, 0) is 16.1 Å². The maximum Gasteiger partial charge on any atom is 0.230 e. The summed E-state index contributed by atoms with van der Waals surface area (Å²) in [6, 6.07) is 6.04. The molecule has 0 aliphatic carbocycles. The van der Waals surface area contributed by atoms with Gasteiger partial charge >= 0.3 is 0 Å². The molecule has 0 saturated carbocycles. The van der Waals surface area contributed by atoms with Gasteiger partial charge in [-0.25, -0.2) is 9.07 Å². The van der Waals surface area contributed by atoms with Crippen LogP contribution in [0.2, 0.25) is 0 Å². The highest BCUT2D eigenvalue weighted by molar-refractivity contribution is 7.99. The van der Waals surface area contributed by atoms with Crippen LogP contribution in [0.25, 0.3) is 0 Å². The first-order valence-electron chi connectivity index (χ1n) is 7.07. The Morgan fingerprint density at radius 2 is 2.21 bits per heavy atom. The number of nitrogens with one attached hydrogen (secondary N) is 1. The lowest BCUT2D eigenvalue weighted by atomic mass is 10.3. The van der Waals surface area contributed by atoms with E-state index in [-0.39, 0.29) is 24.0 Å². The first kappa shape index (κ1) is 18.0. The lowest BCUT2D eigenvalue weighted by molar-refractivity contribution is -0.118. The second-order valence-corrected chi connectivity index (χ2v) is 5.56. The van der Waals surface area contributed by atoms with E-state index >= 15 is 0 Å². The molecule has 24 heavy (non-hydrogen) atoms. The number of benzene rings is 1. The fourth-order valence-electron chi connectivity index (χ4n) is 1.68. The molecule has 1 aromatic carbocycles. The van der Waals surface area contributed by atoms with Crippen molar-refractivity contribution in [3.8, 4) is 5.75 Å². The van der Waals surface area contributed by atoms with Gasteiger partial charge in [0.25, 0.3) is 0 Å². The Bertz CT molecular complexity index is 682. The summed E-state index contributed by atoms with van der Waals surface area (Å²) in [7, 11) is 1.56. The summed E-state index contributed by atoms with van der Waals surface area (Å²) >= 11 is 1.14. The van der Waals surface area contributed by atoms with Gasteiger partial charge in [-0.05, 0) is 12.1 Å². The SMILES string of the molecule is COCCNC(=O)CSc1nnc(COc2ccccc2F)n1N. The van der Waals surface area contributed by atoms with E-state index in [9.17, 15) is 9.18 Å². The standard InChI is InChI=1S/C14H18FN5O3S/c1-22-7-6-17-13(21)9-24-14-19-18-12(20(14)16)8-23-11-5-3-2-4-10(11)15/h2-5H,6-9,16H2,1H3,(H,17,21). The van der Waals surface area contributed by atoms with Crippen LogP contribution in [0.5, 0.6) is 5.75 Å². The van der Waals surface area contributed by atoms with E-state index in [2.05, 4.69) is 15.5 Å². The van der Waals surface area contributed by atoms with Crippen molar-refractivity contribution in [3.05, 3.63) is 35.9 Å². The van der Waals surface area contributed by atoms with Crippen LogP contribution < -0.4 is 15.9 Å². The average molecular weight is 355 g/mol. The van der Waals surface area contributed by atoms with Crippen LogP contribution in [0.15, 0.2) is 29.4 Å². The quantitative estimate of drug-likeness (QED) is 0.385. The molecule has 0 aliphatic heterocycles. The van der Waals surface area contributed by atoms with Gasteiger partial charge in [0.15, 0.2) is 17.4 Å². The van der Waals surface area contributed by atoms with Crippen molar-refractivity contribution in [2.45, 2.75) is 11.8 Å². The third kappa shape index (κ3) is 5.10. The highest BCUT2D eigenvalue weighted by atomic mass is 32.2. The number of halogens is 1. The third-order valence-electron chi connectivity index (χ3n) is 2.89. The molecule has 8 nitrogen and oxygen atoms in total. The molecule has 0 atom stereocenters. The minimum atomic E-state index is -0.470. The molecule has 10 heteroatoms. The van der Waals surface area contributed by atoms with Crippen LogP contribution in [0, 0.1) is 5.82 Å². The van der Waals surface area contributed by atoms with Crippen molar-refractivity contribution in [2.24, 2.45) is 0 Å². The summed E-state index contributed by atoms with van der Waals surface area (Å²) in [5.41, 5.74) is 0. The highest BCUT2D eigenvalue weighted by Gasteiger charge is 2.13. The van der Waals surface area contributed by atoms with Gasteiger partial charge in [0.2, 0.25) is 11.1 Å². The Balaban J connectivity index is 1.84. The Kier molecular flexibility index (Phi) is 6.82. The molecule has 0 saturated heterocycles. The summed E-state index contributed by atoms with van der Waals surface area (Å²) in [5.74, 6) is 5.80. The number of thioether (sulfide) groups is 1. The number of nitrogens with two attached hydrogens (primary N) is 1. The Labute approximate surface area is 142 Å². The smallest absolute Gasteiger partial charge is 0.230 e. The van der Waals surface area contributed by atoms with Gasteiger partial charge in [-0.3, -0.25) is 4.79 Å². The number of aromatic nitrogens is 3. The molecule has 0 aliphatic rings. The number of carbonyl (C=O) groups excluding carboxylic acids is 1. The molecule has 1 aromatic heterocycles. The number of para-hydroxylation sites is 1. The number of rotatable bonds is 9. The highest BCUT2D eigenvalue weighted by Crippen LogP contribution is 2.18. The van der Waals surface area contributed by atoms with Gasteiger partial charge in [0, 0.05) is 13.7 Å². The predicted molar refractivity (Wildman–Crippen MR) is 86.5 cm³/mol. The van der Waals surface area contributed by atoms with Gasteiger partial charge in [0.05, 0.1) is 12.4 Å². The molecule has 0 radical (unpaired) electrons. The zero-order valence-corrected chi connectivity index (χ0v) is 13.9. The number of hydrogen-bond acceptors (Lipinski definition) is 7. The first-order valence-corrected chi connectivity index (χ1v) is 8.05. The summed E-state index contributed by atoms with van der Waals surface area (Å²) in [4.78, 5) is 11.6. The van der Waals surface area contributed by atoms with Crippen molar-refractivity contribution >= 4 is 17.7 Å². The molecule has 0 bridgehead atoms. The fraction of sp³-hybridized carbons (Fsp3) is 0.357. The van der Waals surface area contributed by atoms with Crippen molar-refractivity contribution in [1.29, 1.82) is 0 Å². The molecule has 2 aromatic rings. The van der Waals surface area contributed by atoms with Gasteiger partial charge in [-0.2, -0.15) is 0 Å². The van der Waals surface area contributed by atoms with Crippen LogP contribution in [0.4, 0.5) is 4.39 Å². The van der Waals surface area contributed by atoms with E-state index in [4.69, 9.17) is 15.3 Å². The van der Waals surface area contributed by atoms with Gasteiger partial charge < -0.3 is 20.6 Å². The van der Waals surface area contributed by atoms with Crippen molar-refractivity contribution in [2.75, 3.05) is 31.9 Å². The largest absolute Gasteiger partial charge is 0.482 e. The molecule has 1 amide bonds. The second-order valence-electron chi connectivity index (χ2n) is 4.62. The Morgan fingerprint density at radius 1 is 1.42 bits per heavy atom.